The molecule has 1 rings (SSSR count). The minimum absolute atomic E-state index is 0.0625. The Bertz CT molecular complexity index is 216. The van der Waals surface area contributed by atoms with Gasteiger partial charge in [-0.2, -0.15) is 0 Å². The summed E-state index contributed by atoms with van der Waals surface area (Å²) in [5, 5.41) is 20.2. The molecule has 1 atom stereocenters. The number of aliphatic hydroxyl groups is 2. The molecule has 1 saturated carbocycles. The molecule has 0 aliphatic heterocycles. The molecule has 94 valence electrons. The maximum atomic E-state index is 11.4. The molecule has 0 aromatic carbocycles. The van der Waals surface area contributed by atoms with Gasteiger partial charge in [0, 0.05) is 19.6 Å². The number of carbonyl (C=O) groups is 1. The van der Waals surface area contributed by atoms with Crippen LogP contribution >= 0.6 is 0 Å². The van der Waals surface area contributed by atoms with Gasteiger partial charge in [0.25, 0.3) is 0 Å². The third-order valence-electron chi connectivity index (χ3n) is 2.81. The molecule has 0 heterocycles. The van der Waals surface area contributed by atoms with Gasteiger partial charge in [-0.1, -0.05) is 0 Å². The molecule has 1 aliphatic carbocycles. The normalized spacial score (nSPS) is 25.9. The molecular weight excluding hydrogens is 210 g/mol. The average molecular weight is 231 g/mol. The largest absolute Gasteiger partial charge is 0.394 e. The first kappa shape index (κ1) is 13.4. The van der Waals surface area contributed by atoms with E-state index >= 15 is 0 Å². The molecule has 0 spiro atoms. The molecule has 0 aromatic heterocycles. The second-order valence-electron chi connectivity index (χ2n) is 4.26. The van der Waals surface area contributed by atoms with E-state index in [1.807, 2.05) is 6.92 Å². The van der Waals surface area contributed by atoms with E-state index < -0.39 is 6.10 Å². The van der Waals surface area contributed by atoms with Gasteiger partial charge in [0.1, 0.15) is 0 Å². The summed E-state index contributed by atoms with van der Waals surface area (Å²) in [5.41, 5.74) is 0. The van der Waals surface area contributed by atoms with Crippen LogP contribution < -0.4 is 5.32 Å². The molecule has 1 aliphatic rings. The number of carbonyl (C=O) groups excluding carboxylic acids is 1. The molecule has 3 N–H and O–H groups in total. The predicted octanol–water partition coefficient (Wildman–Crippen LogP) is -0.339. The van der Waals surface area contributed by atoms with Crippen molar-refractivity contribution >= 4 is 5.91 Å². The quantitative estimate of drug-likeness (QED) is 0.560. The Labute approximate surface area is 95.8 Å². The molecule has 1 unspecified atom stereocenters. The van der Waals surface area contributed by atoms with E-state index in [1.54, 1.807) is 0 Å². The lowest BCUT2D eigenvalue weighted by Gasteiger charge is -2.34. The summed E-state index contributed by atoms with van der Waals surface area (Å²) in [6, 6.07) is 0. The maximum Gasteiger partial charge on any atom is 0.220 e. The van der Waals surface area contributed by atoms with Crippen LogP contribution in [0.5, 0.6) is 0 Å². The summed E-state index contributed by atoms with van der Waals surface area (Å²) in [5.74, 6) is 0.343. The van der Waals surface area contributed by atoms with E-state index in [4.69, 9.17) is 14.9 Å². The summed E-state index contributed by atoms with van der Waals surface area (Å²) < 4.78 is 5.40. The van der Waals surface area contributed by atoms with Gasteiger partial charge in [0.05, 0.1) is 18.8 Å². The molecule has 1 fully saturated rings. The zero-order valence-corrected chi connectivity index (χ0v) is 9.69. The van der Waals surface area contributed by atoms with E-state index in [1.165, 1.54) is 0 Å². The third-order valence-corrected chi connectivity index (χ3v) is 2.81. The van der Waals surface area contributed by atoms with Crippen LogP contribution in [0.2, 0.25) is 0 Å². The number of hydrogen-bond acceptors (Lipinski definition) is 4. The Balaban J connectivity index is 2.03. The number of rotatable bonds is 7. The predicted molar refractivity (Wildman–Crippen MR) is 58.9 cm³/mol. The highest BCUT2D eigenvalue weighted by molar-refractivity contribution is 5.76. The second kappa shape index (κ2) is 6.83. The van der Waals surface area contributed by atoms with Crippen molar-refractivity contribution < 1.29 is 19.7 Å². The monoisotopic (exact) mass is 231 g/mol. The van der Waals surface area contributed by atoms with Crippen molar-refractivity contribution in [2.24, 2.45) is 5.92 Å². The van der Waals surface area contributed by atoms with Gasteiger partial charge >= 0.3 is 0 Å². The van der Waals surface area contributed by atoms with E-state index in [0.717, 1.165) is 19.4 Å². The average Bonchev–Trinajstić information content (AvgIpc) is 2.23. The van der Waals surface area contributed by atoms with Gasteiger partial charge in [0.15, 0.2) is 0 Å². The number of ether oxygens (including phenoxy) is 1. The van der Waals surface area contributed by atoms with Crippen molar-refractivity contribution in [3.63, 3.8) is 0 Å². The number of hydrogen-bond donors (Lipinski definition) is 3. The number of nitrogens with one attached hydrogen (secondary N) is 1. The van der Waals surface area contributed by atoms with Crippen LogP contribution in [0.15, 0.2) is 0 Å². The van der Waals surface area contributed by atoms with Gasteiger partial charge in [-0.25, -0.2) is 0 Å². The van der Waals surface area contributed by atoms with Crippen molar-refractivity contribution in [1.82, 2.24) is 5.32 Å². The highest BCUT2D eigenvalue weighted by Gasteiger charge is 2.30. The Kier molecular flexibility index (Phi) is 5.73. The van der Waals surface area contributed by atoms with E-state index in [9.17, 15) is 4.79 Å². The molecule has 5 nitrogen and oxygen atoms in total. The summed E-state index contributed by atoms with van der Waals surface area (Å²) in [4.78, 5) is 11.4. The molecule has 0 bridgehead atoms. The molecule has 0 aromatic rings. The fourth-order valence-corrected chi connectivity index (χ4v) is 1.84. The van der Waals surface area contributed by atoms with Crippen LogP contribution in [0, 0.1) is 5.92 Å². The van der Waals surface area contributed by atoms with Gasteiger partial charge in [-0.15, -0.1) is 0 Å². The van der Waals surface area contributed by atoms with Crippen LogP contribution in [-0.2, 0) is 9.53 Å². The third kappa shape index (κ3) is 4.47. The highest BCUT2D eigenvalue weighted by Crippen LogP contribution is 2.32. The van der Waals surface area contributed by atoms with Crippen molar-refractivity contribution in [3.05, 3.63) is 0 Å². The second-order valence-corrected chi connectivity index (χ2v) is 4.26. The minimum atomic E-state index is -0.860. The Morgan fingerprint density at radius 3 is 2.81 bits per heavy atom. The van der Waals surface area contributed by atoms with E-state index in [-0.39, 0.29) is 19.1 Å². The molecule has 0 radical (unpaired) electrons. The van der Waals surface area contributed by atoms with E-state index in [2.05, 4.69) is 5.32 Å². The summed E-state index contributed by atoms with van der Waals surface area (Å²) >= 11 is 0. The van der Waals surface area contributed by atoms with Crippen LogP contribution in [0.25, 0.3) is 0 Å². The molecule has 16 heavy (non-hydrogen) atoms. The SMILES string of the molecule is CCOC1CC(CC(=O)NCC(O)CO)C1. The number of aliphatic hydroxyl groups excluding tert-OH is 2. The maximum absolute atomic E-state index is 11.4. The first-order valence-corrected chi connectivity index (χ1v) is 5.82. The zero-order chi connectivity index (χ0) is 12.0. The van der Waals surface area contributed by atoms with E-state index in [0.29, 0.717) is 18.4 Å². The van der Waals surface area contributed by atoms with Gasteiger partial charge in [-0.3, -0.25) is 4.79 Å². The molecule has 1 amide bonds. The first-order valence-electron chi connectivity index (χ1n) is 5.82. The lowest BCUT2D eigenvalue weighted by atomic mass is 9.80. The van der Waals surface area contributed by atoms with Crippen LogP contribution in [0.4, 0.5) is 0 Å². The van der Waals surface area contributed by atoms with Gasteiger partial charge < -0.3 is 20.3 Å². The molecule has 5 heteroatoms. The van der Waals surface area contributed by atoms with Crippen LogP contribution in [-0.4, -0.2) is 48.1 Å². The van der Waals surface area contributed by atoms with Crippen molar-refractivity contribution in [3.8, 4) is 0 Å². The highest BCUT2D eigenvalue weighted by atomic mass is 16.5. The lowest BCUT2D eigenvalue weighted by molar-refractivity contribution is -0.124. The Morgan fingerprint density at radius 2 is 2.25 bits per heavy atom. The van der Waals surface area contributed by atoms with Crippen molar-refractivity contribution in [1.29, 1.82) is 0 Å². The summed E-state index contributed by atoms with van der Waals surface area (Å²) in [6.07, 6.45) is 1.85. The summed E-state index contributed by atoms with van der Waals surface area (Å²) in [6.45, 7) is 2.50. The first-order chi connectivity index (χ1) is 7.65. The fourth-order valence-electron chi connectivity index (χ4n) is 1.84. The Morgan fingerprint density at radius 1 is 1.56 bits per heavy atom. The summed E-state index contributed by atoms with van der Waals surface area (Å²) in [7, 11) is 0. The topological polar surface area (TPSA) is 78.8 Å². The molecular formula is C11H21NO4. The molecule has 0 saturated heterocycles. The zero-order valence-electron chi connectivity index (χ0n) is 9.69. The fraction of sp³-hybridized carbons (Fsp3) is 0.909. The number of amides is 1. The smallest absolute Gasteiger partial charge is 0.220 e. The van der Waals surface area contributed by atoms with Gasteiger partial charge in [0.2, 0.25) is 5.91 Å². The van der Waals surface area contributed by atoms with Crippen LogP contribution in [0.1, 0.15) is 26.2 Å². The minimum Gasteiger partial charge on any atom is -0.394 e. The standard InChI is InChI=1S/C11H21NO4/c1-2-16-10-3-8(4-10)5-11(15)12-6-9(14)7-13/h8-10,13-14H,2-7H2,1H3,(H,12,15). The Hall–Kier alpha value is -0.650. The van der Waals surface area contributed by atoms with Crippen molar-refractivity contribution in [2.45, 2.75) is 38.4 Å². The van der Waals surface area contributed by atoms with Crippen LogP contribution in [0.3, 0.4) is 0 Å². The van der Waals surface area contributed by atoms with Crippen molar-refractivity contribution in [2.75, 3.05) is 19.8 Å². The van der Waals surface area contributed by atoms with Gasteiger partial charge in [-0.05, 0) is 25.7 Å². The lowest BCUT2D eigenvalue weighted by Crippen LogP contribution is -2.38.